The van der Waals surface area contributed by atoms with E-state index in [1.165, 1.54) is 6.07 Å². The molecule has 1 saturated heterocycles. The highest BCUT2D eigenvalue weighted by Crippen LogP contribution is 2.27. The molecular weight excluding hydrogens is 405 g/mol. The maximum absolute atomic E-state index is 14.4. The number of benzene rings is 1. The average molecular weight is 442 g/mol. The van der Waals surface area contributed by atoms with Gasteiger partial charge in [0.15, 0.2) is 0 Å². The summed E-state index contributed by atoms with van der Waals surface area (Å²) in [4.78, 5) is 26.3. The normalized spacial score (nSPS) is 14.8. The summed E-state index contributed by atoms with van der Waals surface area (Å²) in [5.41, 5.74) is 2.22. The third-order valence-corrected chi connectivity index (χ3v) is 5.50. The van der Waals surface area contributed by atoms with Crippen molar-refractivity contribution in [2.24, 2.45) is 5.92 Å². The number of aryl methyl sites for hydroxylation is 1. The van der Waals surface area contributed by atoms with Gasteiger partial charge in [-0.2, -0.15) is 0 Å². The van der Waals surface area contributed by atoms with Gasteiger partial charge in [0.2, 0.25) is 0 Å². The van der Waals surface area contributed by atoms with Gasteiger partial charge in [-0.05, 0) is 45.2 Å². The third-order valence-electron chi connectivity index (χ3n) is 5.50. The zero-order chi connectivity index (χ0) is 23.5. The number of nitrogens with zero attached hydrogens (tertiary/aromatic N) is 4. The highest BCUT2D eigenvalue weighted by molar-refractivity contribution is 5.75. The van der Waals surface area contributed by atoms with Crippen molar-refractivity contribution < 1.29 is 9.18 Å². The van der Waals surface area contributed by atoms with Crippen LogP contribution in [0.5, 0.6) is 0 Å². The molecule has 0 aliphatic carbocycles. The maximum atomic E-state index is 14.4. The third kappa shape index (κ3) is 6.17. The Morgan fingerprint density at radius 1 is 1.12 bits per heavy atom. The number of halogens is 1. The highest BCUT2D eigenvalue weighted by Gasteiger charge is 2.27. The molecule has 1 aromatic carbocycles. The topological polar surface area (TPSA) is 61.4 Å². The van der Waals surface area contributed by atoms with E-state index in [0.29, 0.717) is 44.1 Å². The summed E-state index contributed by atoms with van der Waals surface area (Å²) in [6, 6.07) is 6.83. The molecule has 7 heteroatoms. The summed E-state index contributed by atoms with van der Waals surface area (Å²) < 4.78 is 14.4. The summed E-state index contributed by atoms with van der Waals surface area (Å²) in [6.45, 7) is 14.8. The molecule has 0 radical (unpaired) electrons. The Balaban J connectivity index is 1.86. The van der Waals surface area contributed by atoms with E-state index in [4.69, 9.17) is 9.97 Å². The first-order valence-electron chi connectivity index (χ1n) is 11.5. The van der Waals surface area contributed by atoms with Gasteiger partial charge in [-0.3, -0.25) is 0 Å². The van der Waals surface area contributed by atoms with Crippen molar-refractivity contribution in [2.75, 3.05) is 31.1 Å². The predicted octanol–water partition coefficient (Wildman–Crippen LogP) is 4.34. The molecule has 32 heavy (non-hydrogen) atoms. The van der Waals surface area contributed by atoms with Crippen LogP contribution in [-0.4, -0.2) is 52.6 Å². The van der Waals surface area contributed by atoms with Crippen LogP contribution in [0, 0.1) is 18.7 Å². The van der Waals surface area contributed by atoms with Gasteiger partial charge in [0.1, 0.15) is 17.5 Å². The summed E-state index contributed by atoms with van der Waals surface area (Å²) in [5.74, 6) is 1.91. The Bertz CT molecular complexity index is 946. The minimum Gasteiger partial charge on any atom is -0.353 e. The van der Waals surface area contributed by atoms with Gasteiger partial charge in [-0.25, -0.2) is 19.2 Å². The zero-order valence-electron chi connectivity index (χ0n) is 20.2. The quantitative estimate of drug-likeness (QED) is 0.750. The molecule has 2 heterocycles. The smallest absolute Gasteiger partial charge is 0.317 e. The molecule has 2 amide bonds. The molecule has 6 nitrogen and oxygen atoms in total. The molecule has 1 aliphatic rings. The average Bonchev–Trinajstić information content (AvgIpc) is 2.69. The Morgan fingerprint density at radius 2 is 1.78 bits per heavy atom. The number of piperazine rings is 1. The van der Waals surface area contributed by atoms with E-state index in [0.717, 1.165) is 29.3 Å². The molecule has 2 aromatic rings. The number of hydrogen-bond donors (Lipinski definition) is 1. The van der Waals surface area contributed by atoms with Gasteiger partial charge in [-0.15, -0.1) is 0 Å². The SMILES string of the molecule is Cc1nc(CC(C)C)nc(N2CCN(C(=O)NC(C)(C)C)CC2)c1Cc1ccccc1F. The predicted molar refractivity (Wildman–Crippen MR) is 127 cm³/mol. The fourth-order valence-electron chi connectivity index (χ4n) is 3.92. The van der Waals surface area contributed by atoms with E-state index in [2.05, 4.69) is 24.1 Å². The minimum atomic E-state index is -0.267. The van der Waals surface area contributed by atoms with Crippen molar-refractivity contribution >= 4 is 11.8 Å². The molecule has 174 valence electrons. The Kier molecular flexibility index (Phi) is 7.36. The van der Waals surface area contributed by atoms with Crippen LogP contribution in [0.15, 0.2) is 24.3 Å². The van der Waals surface area contributed by atoms with E-state index < -0.39 is 0 Å². The molecule has 0 spiro atoms. The first kappa shape index (κ1) is 24.0. The van der Waals surface area contributed by atoms with Crippen molar-refractivity contribution in [1.29, 1.82) is 0 Å². The summed E-state index contributed by atoms with van der Waals surface area (Å²) in [6.07, 6.45) is 1.24. The molecule has 1 fully saturated rings. The fraction of sp³-hybridized carbons (Fsp3) is 0.560. The van der Waals surface area contributed by atoms with Crippen molar-refractivity contribution in [3.05, 3.63) is 52.7 Å². The van der Waals surface area contributed by atoms with Crippen molar-refractivity contribution in [3.8, 4) is 0 Å². The van der Waals surface area contributed by atoms with Crippen molar-refractivity contribution in [1.82, 2.24) is 20.2 Å². The lowest BCUT2D eigenvalue weighted by Gasteiger charge is -2.37. The summed E-state index contributed by atoms with van der Waals surface area (Å²) in [5, 5.41) is 3.03. The number of anilines is 1. The highest BCUT2D eigenvalue weighted by atomic mass is 19.1. The van der Waals surface area contributed by atoms with E-state index in [9.17, 15) is 9.18 Å². The number of aromatic nitrogens is 2. The van der Waals surface area contributed by atoms with Crippen LogP contribution in [0.2, 0.25) is 0 Å². The fourth-order valence-corrected chi connectivity index (χ4v) is 3.92. The molecule has 1 aromatic heterocycles. The molecule has 0 atom stereocenters. The maximum Gasteiger partial charge on any atom is 0.317 e. The van der Waals surface area contributed by atoms with Crippen LogP contribution in [0.1, 0.15) is 57.3 Å². The Labute approximate surface area is 191 Å². The Morgan fingerprint density at radius 3 is 2.38 bits per heavy atom. The van der Waals surface area contributed by atoms with Crippen molar-refractivity contribution in [3.63, 3.8) is 0 Å². The van der Waals surface area contributed by atoms with Gasteiger partial charge in [0.05, 0.1) is 0 Å². The number of rotatable bonds is 5. The first-order chi connectivity index (χ1) is 15.0. The van der Waals surface area contributed by atoms with Gasteiger partial charge < -0.3 is 15.1 Å². The second-order valence-corrected chi connectivity index (χ2v) is 10.0. The number of carbonyl (C=O) groups excluding carboxylic acids is 1. The van der Waals surface area contributed by atoms with Crippen LogP contribution < -0.4 is 10.2 Å². The zero-order valence-corrected chi connectivity index (χ0v) is 20.2. The van der Waals surface area contributed by atoms with Crippen LogP contribution in [-0.2, 0) is 12.8 Å². The molecule has 1 aliphatic heterocycles. The lowest BCUT2D eigenvalue weighted by atomic mass is 10.0. The van der Waals surface area contributed by atoms with Crippen LogP contribution >= 0.6 is 0 Å². The van der Waals surface area contributed by atoms with E-state index >= 15 is 0 Å². The second kappa shape index (κ2) is 9.84. The number of hydrogen-bond acceptors (Lipinski definition) is 4. The molecule has 0 unspecified atom stereocenters. The number of amides is 2. The van der Waals surface area contributed by atoms with Crippen LogP contribution in [0.4, 0.5) is 15.0 Å². The van der Waals surface area contributed by atoms with Gasteiger partial charge in [-0.1, -0.05) is 32.0 Å². The first-order valence-corrected chi connectivity index (χ1v) is 11.5. The number of nitrogens with one attached hydrogen (secondary N) is 1. The standard InChI is InChI=1S/C25H36FN5O/c1-17(2)15-22-27-18(3)20(16-19-9-7-8-10-21(19)26)23(28-22)30-11-13-31(14-12-30)24(32)29-25(4,5)6/h7-10,17H,11-16H2,1-6H3,(H,29,32). The van der Waals surface area contributed by atoms with Gasteiger partial charge in [0, 0.05) is 55.8 Å². The van der Waals surface area contributed by atoms with E-state index in [-0.39, 0.29) is 17.4 Å². The molecule has 3 rings (SSSR count). The summed E-state index contributed by atoms with van der Waals surface area (Å²) >= 11 is 0. The van der Waals surface area contributed by atoms with Crippen LogP contribution in [0.3, 0.4) is 0 Å². The van der Waals surface area contributed by atoms with E-state index in [1.54, 1.807) is 6.07 Å². The summed E-state index contributed by atoms with van der Waals surface area (Å²) in [7, 11) is 0. The molecule has 1 N–H and O–H groups in total. The Hall–Kier alpha value is -2.70. The molecule has 0 saturated carbocycles. The number of urea groups is 1. The van der Waals surface area contributed by atoms with Crippen molar-refractivity contribution in [2.45, 2.75) is 59.9 Å². The molecular formula is C25H36FN5O. The second-order valence-electron chi connectivity index (χ2n) is 10.0. The minimum absolute atomic E-state index is 0.0388. The lowest BCUT2D eigenvalue weighted by molar-refractivity contribution is 0.185. The van der Waals surface area contributed by atoms with E-state index in [1.807, 2.05) is 44.7 Å². The van der Waals surface area contributed by atoms with Gasteiger partial charge in [0.25, 0.3) is 0 Å². The number of carbonyl (C=O) groups is 1. The van der Waals surface area contributed by atoms with Gasteiger partial charge >= 0.3 is 6.03 Å². The molecule has 0 bridgehead atoms. The van der Waals surface area contributed by atoms with Crippen LogP contribution in [0.25, 0.3) is 0 Å². The lowest BCUT2D eigenvalue weighted by Crippen LogP contribution is -2.55. The monoisotopic (exact) mass is 441 g/mol. The largest absolute Gasteiger partial charge is 0.353 e.